The molecule has 0 radical (unpaired) electrons. The van der Waals surface area contributed by atoms with E-state index in [0.29, 0.717) is 17.5 Å². The Morgan fingerprint density at radius 3 is 3.00 bits per heavy atom. The van der Waals surface area contributed by atoms with Crippen LogP contribution in [0.1, 0.15) is 10.5 Å². The molecule has 0 saturated carbocycles. The van der Waals surface area contributed by atoms with Crippen molar-refractivity contribution < 1.29 is 4.79 Å². The third-order valence-corrected chi connectivity index (χ3v) is 1.71. The fourth-order valence-electron chi connectivity index (χ4n) is 1.17. The van der Waals surface area contributed by atoms with Crippen molar-refractivity contribution in [3.63, 3.8) is 0 Å². The van der Waals surface area contributed by atoms with Gasteiger partial charge < -0.3 is 4.98 Å². The number of H-pyrrole nitrogens is 1. The first-order valence-electron chi connectivity index (χ1n) is 3.47. The van der Waals surface area contributed by atoms with Crippen molar-refractivity contribution >= 4 is 11.8 Å². The summed E-state index contributed by atoms with van der Waals surface area (Å²) >= 11 is 0. The topological polar surface area (TPSA) is 54.3 Å². The molecule has 0 atom stereocenters. The number of aldehydes is 1. The Morgan fingerprint density at radius 1 is 1.42 bits per heavy atom. The summed E-state index contributed by atoms with van der Waals surface area (Å²) in [7, 11) is 0. The number of pyridine rings is 1. The summed E-state index contributed by atoms with van der Waals surface area (Å²) in [5.41, 5.74) is 0.644. The predicted molar refractivity (Wildman–Crippen MR) is 43.4 cm³/mol. The van der Waals surface area contributed by atoms with E-state index < -0.39 is 0 Å². The van der Waals surface area contributed by atoms with E-state index in [4.69, 9.17) is 0 Å². The fraction of sp³-hybridized carbons (Fsp3) is 0. The van der Waals surface area contributed by atoms with Gasteiger partial charge in [0, 0.05) is 6.20 Å². The maximum atomic E-state index is 11.1. The number of hydrogen-bond acceptors (Lipinski definition) is 2. The van der Waals surface area contributed by atoms with Gasteiger partial charge in [-0.2, -0.15) is 0 Å². The standard InChI is InChI=1S/C8H6N2O2/c11-5-6-7-3-1-2-4-10(7)8(12)9-6/h1-5H,(H,9,12). The molecule has 0 fully saturated rings. The van der Waals surface area contributed by atoms with E-state index in [1.807, 2.05) is 0 Å². The quantitative estimate of drug-likeness (QED) is 0.618. The largest absolute Gasteiger partial charge is 0.330 e. The molecule has 0 saturated heterocycles. The van der Waals surface area contributed by atoms with Crippen LogP contribution in [0, 0.1) is 0 Å². The molecule has 1 N–H and O–H groups in total. The number of carbonyl (C=O) groups is 1. The van der Waals surface area contributed by atoms with E-state index in [2.05, 4.69) is 4.98 Å². The van der Waals surface area contributed by atoms with Gasteiger partial charge in [-0.3, -0.25) is 9.20 Å². The number of nitrogens with one attached hydrogen (secondary N) is 1. The highest BCUT2D eigenvalue weighted by Gasteiger charge is 2.02. The lowest BCUT2D eigenvalue weighted by Gasteiger charge is -1.88. The number of fused-ring (bicyclic) bond motifs is 1. The number of hydrogen-bond donors (Lipinski definition) is 1. The van der Waals surface area contributed by atoms with Crippen LogP contribution in [0.5, 0.6) is 0 Å². The van der Waals surface area contributed by atoms with Crippen LogP contribution < -0.4 is 5.69 Å². The number of aromatic nitrogens is 2. The highest BCUT2D eigenvalue weighted by molar-refractivity contribution is 5.83. The molecule has 0 unspecified atom stereocenters. The molecule has 4 heteroatoms. The summed E-state index contributed by atoms with van der Waals surface area (Å²) in [5, 5.41) is 0. The van der Waals surface area contributed by atoms with E-state index >= 15 is 0 Å². The zero-order valence-electron chi connectivity index (χ0n) is 6.15. The second kappa shape index (κ2) is 2.34. The van der Waals surface area contributed by atoms with Gasteiger partial charge in [0.05, 0.1) is 5.52 Å². The first-order valence-corrected chi connectivity index (χ1v) is 3.47. The number of nitrogens with zero attached hydrogens (tertiary/aromatic N) is 1. The van der Waals surface area contributed by atoms with Gasteiger partial charge in [-0.05, 0) is 12.1 Å². The lowest BCUT2D eigenvalue weighted by atomic mass is 10.3. The van der Waals surface area contributed by atoms with Crippen molar-refractivity contribution in [3.8, 4) is 0 Å². The molecule has 0 aromatic carbocycles. The predicted octanol–water partition coefficient (Wildman–Crippen LogP) is 0.440. The van der Waals surface area contributed by atoms with Crippen molar-refractivity contribution in [2.45, 2.75) is 0 Å². The minimum absolute atomic E-state index is 0.285. The van der Waals surface area contributed by atoms with Crippen molar-refractivity contribution in [3.05, 3.63) is 40.6 Å². The minimum Gasteiger partial charge on any atom is -0.302 e. The first-order chi connectivity index (χ1) is 5.83. The fourth-order valence-corrected chi connectivity index (χ4v) is 1.17. The summed E-state index contributed by atoms with van der Waals surface area (Å²) in [6.45, 7) is 0. The second-order valence-electron chi connectivity index (χ2n) is 2.42. The monoisotopic (exact) mass is 162 g/mol. The van der Waals surface area contributed by atoms with Crippen molar-refractivity contribution in [2.24, 2.45) is 0 Å². The van der Waals surface area contributed by atoms with Gasteiger partial charge in [0.2, 0.25) is 0 Å². The Hall–Kier alpha value is -1.84. The lowest BCUT2D eigenvalue weighted by Crippen LogP contribution is -2.07. The Bertz CT molecular complexity index is 481. The van der Waals surface area contributed by atoms with Crippen LogP contribution in [0.15, 0.2) is 29.2 Å². The van der Waals surface area contributed by atoms with Gasteiger partial charge in [-0.25, -0.2) is 4.79 Å². The summed E-state index contributed by atoms with van der Waals surface area (Å²) in [4.78, 5) is 24.0. The van der Waals surface area contributed by atoms with Gasteiger partial charge in [0.15, 0.2) is 6.29 Å². The van der Waals surface area contributed by atoms with E-state index in [0.717, 1.165) is 0 Å². The van der Waals surface area contributed by atoms with Crippen molar-refractivity contribution in [2.75, 3.05) is 0 Å². The van der Waals surface area contributed by atoms with Crippen LogP contribution in [-0.2, 0) is 0 Å². The second-order valence-corrected chi connectivity index (χ2v) is 2.42. The van der Waals surface area contributed by atoms with Crippen LogP contribution in [0.4, 0.5) is 0 Å². The summed E-state index contributed by atoms with van der Waals surface area (Å²) in [6.07, 6.45) is 2.25. The third-order valence-electron chi connectivity index (χ3n) is 1.71. The molecule has 0 aliphatic heterocycles. The van der Waals surface area contributed by atoms with Gasteiger partial charge in [-0.1, -0.05) is 6.07 Å². The number of rotatable bonds is 1. The van der Waals surface area contributed by atoms with E-state index in [1.165, 1.54) is 4.40 Å². The normalized spacial score (nSPS) is 10.3. The highest BCUT2D eigenvalue weighted by Crippen LogP contribution is 2.02. The van der Waals surface area contributed by atoms with Crippen LogP contribution in [0.3, 0.4) is 0 Å². The molecule has 2 heterocycles. The molecule has 2 aromatic heterocycles. The lowest BCUT2D eigenvalue weighted by molar-refractivity contribution is 0.112. The Balaban J connectivity index is 3.00. The van der Waals surface area contributed by atoms with Gasteiger partial charge in [0.1, 0.15) is 5.69 Å². The smallest absolute Gasteiger partial charge is 0.302 e. The van der Waals surface area contributed by atoms with Crippen molar-refractivity contribution in [1.29, 1.82) is 0 Å². The zero-order chi connectivity index (χ0) is 8.55. The van der Waals surface area contributed by atoms with E-state index in [-0.39, 0.29) is 5.69 Å². The zero-order valence-corrected chi connectivity index (χ0v) is 6.15. The maximum absolute atomic E-state index is 11.1. The Kier molecular flexibility index (Phi) is 1.33. The average molecular weight is 162 g/mol. The summed E-state index contributed by atoms with van der Waals surface area (Å²) < 4.78 is 1.39. The molecule has 2 rings (SSSR count). The molecule has 0 aliphatic rings. The number of aromatic amines is 1. The molecule has 0 spiro atoms. The van der Waals surface area contributed by atoms with Gasteiger partial charge >= 0.3 is 5.69 Å². The maximum Gasteiger partial charge on any atom is 0.330 e. The molecule has 0 bridgehead atoms. The molecule has 60 valence electrons. The van der Waals surface area contributed by atoms with E-state index in [9.17, 15) is 9.59 Å². The molecular formula is C8H6N2O2. The van der Waals surface area contributed by atoms with Gasteiger partial charge in [-0.15, -0.1) is 0 Å². The molecular weight excluding hydrogens is 156 g/mol. The first kappa shape index (κ1) is 6.84. The number of imidazole rings is 1. The SMILES string of the molecule is O=Cc1[nH]c(=O)n2ccccc12. The van der Waals surface area contributed by atoms with Crippen molar-refractivity contribution in [1.82, 2.24) is 9.38 Å². The van der Waals surface area contributed by atoms with Crippen LogP contribution in [0.25, 0.3) is 5.52 Å². The molecule has 12 heavy (non-hydrogen) atoms. The average Bonchev–Trinajstić information content (AvgIpc) is 2.44. The Labute approximate surface area is 67.5 Å². The third kappa shape index (κ3) is 0.780. The minimum atomic E-state index is -0.285. The highest BCUT2D eigenvalue weighted by atomic mass is 16.1. The molecule has 4 nitrogen and oxygen atoms in total. The van der Waals surface area contributed by atoms with Crippen LogP contribution in [-0.4, -0.2) is 15.7 Å². The molecule has 0 aliphatic carbocycles. The van der Waals surface area contributed by atoms with Crippen LogP contribution in [0.2, 0.25) is 0 Å². The van der Waals surface area contributed by atoms with Gasteiger partial charge in [0.25, 0.3) is 0 Å². The summed E-state index contributed by atoms with van der Waals surface area (Å²) in [6, 6.07) is 5.22. The Morgan fingerprint density at radius 2 is 2.25 bits per heavy atom. The molecule has 0 amide bonds. The molecule has 2 aromatic rings. The summed E-state index contributed by atoms with van der Waals surface area (Å²) in [5.74, 6) is 0. The number of carbonyl (C=O) groups excluding carboxylic acids is 1. The van der Waals surface area contributed by atoms with E-state index in [1.54, 1.807) is 24.4 Å². The van der Waals surface area contributed by atoms with Crippen LogP contribution >= 0.6 is 0 Å².